The van der Waals surface area contributed by atoms with Gasteiger partial charge in [0.05, 0.1) is 5.75 Å². The SMILES string of the molecule is CNC(=O)NC(=O)CSc1nnc(-c2ccc(Cl)cc2)n1-c1ccc(C)cc1. The van der Waals surface area contributed by atoms with E-state index in [4.69, 9.17) is 11.6 Å². The number of hydrogen-bond donors (Lipinski definition) is 2. The second-order valence-corrected chi connectivity index (χ2v) is 7.28. The Bertz CT molecular complexity index is 987. The Morgan fingerprint density at radius 3 is 2.39 bits per heavy atom. The number of aryl methyl sites for hydroxylation is 1. The number of carbonyl (C=O) groups is 2. The average Bonchev–Trinajstić information content (AvgIpc) is 3.11. The zero-order chi connectivity index (χ0) is 20.1. The number of aromatic nitrogens is 3. The molecule has 0 fully saturated rings. The van der Waals surface area contributed by atoms with E-state index in [0.29, 0.717) is 16.0 Å². The lowest BCUT2D eigenvalue weighted by Gasteiger charge is -2.11. The Labute approximate surface area is 171 Å². The monoisotopic (exact) mass is 415 g/mol. The molecular weight excluding hydrogens is 398 g/mol. The van der Waals surface area contributed by atoms with E-state index in [1.165, 1.54) is 18.8 Å². The predicted octanol–water partition coefficient (Wildman–Crippen LogP) is 3.44. The quantitative estimate of drug-likeness (QED) is 0.623. The molecule has 3 amide bonds. The molecule has 7 nitrogen and oxygen atoms in total. The molecule has 2 N–H and O–H groups in total. The van der Waals surface area contributed by atoms with Crippen LogP contribution in [-0.4, -0.2) is 39.5 Å². The maximum absolute atomic E-state index is 11.9. The van der Waals surface area contributed by atoms with Gasteiger partial charge in [-0.1, -0.05) is 41.1 Å². The lowest BCUT2D eigenvalue weighted by atomic mass is 10.2. The average molecular weight is 416 g/mol. The molecule has 9 heteroatoms. The molecule has 0 aliphatic heterocycles. The minimum absolute atomic E-state index is 0.0258. The van der Waals surface area contributed by atoms with E-state index in [1.807, 2.05) is 47.9 Å². The van der Waals surface area contributed by atoms with Crippen LogP contribution in [0.5, 0.6) is 0 Å². The number of rotatable bonds is 5. The van der Waals surface area contributed by atoms with Gasteiger partial charge in [0.1, 0.15) is 0 Å². The van der Waals surface area contributed by atoms with Gasteiger partial charge in [0.2, 0.25) is 5.91 Å². The van der Waals surface area contributed by atoms with Gasteiger partial charge in [-0.15, -0.1) is 10.2 Å². The van der Waals surface area contributed by atoms with Gasteiger partial charge in [-0.3, -0.25) is 14.7 Å². The third kappa shape index (κ3) is 4.71. The number of hydrogen-bond acceptors (Lipinski definition) is 5. The molecule has 1 heterocycles. The molecule has 144 valence electrons. The molecule has 0 bridgehead atoms. The normalized spacial score (nSPS) is 10.5. The van der Waals surface area contributed by atoms with Crippen LogP contribution in [0.2, 0.25) is 5.02 Å². The maximum Gasteiger partial charge on any atom is 0.321 e. The lowest BCUT2D eigenvalue weighted by Crippen LogP contribution is -2.38. The second kappa shape index (κ2) is 8.90. The van der Waals surface area contributed by atoms with E-state index in [9.17, 15) is 9.59 Å². The molecule has 0 aliphatic rings. The number of thioether (sulfide) groups is 1. The smallest absolute Gasteiger partial charge is 0.321 e. The van der Waals surface area contributed by atoms with Crippen molar-refractivity contribution < 1.29 is 9.59 Å². The maximum atomic E-state index is 11.9. The minimum atomic E-state index is -0.549. The van der Waals surface area contributed by atoms with Crippen molar-refractivity contribution in [3.63, 3.8) is 0 Å². The molecule has 0 atom stereocenters. The molecule has 0 saturated heterocycles. The second-order valence-electron chi connectivity index (χ2n) is 5.90. The van der Waals surface area contributed by atoms with Crippen LogP contribution in [0.4, 0.5) is 4.79 Å². The zero-order valence-corrected chi connectivity index (χ0v) is 16.8. The van der Waals surface area contributed by atoms with Gasteiger partial charge < -0.3 is 5.32 Å². The summed E-state index contributed by atoms with van der Waals surface area (Å²) in [6.45, 7) is 2.01. The van der Waals surface area contributed by atoms with E-state index >= 15 is 0 Å². The summed E-state index contributed by atoms with van der Waals surface area (Å²) in [6, 6.07) is 14.7. The van der Waals surface area contributed by atoms with Crippen molar-refractivity contribution in [1.82, 2.24) is 25.4 Å². The van der Waals surface area contributed by atoms with Gasteiger partial charge in [0.25, 0.3) is 0 Å². The van der Waals surface area contributed by atoms with Crippen LogP contribution in [0, 0.1) is 6.92 Å². The number of halogens is 1. The number of carbonyl (C=O) groups excluding carboxylic acids is 2. The summed E-state index contributed by atoms with van der Waals surface area (Å²) in [4.78, 5) is 23.2. The van der Waals surface area contributed by atoms with Crippen molar-refractivity contribution >= 4 is 35.3 Å². The highest BCUT2D eigenvalue weighted by atomic mass is 35.5. The fourth-order valence-electron chi connectivity index (χ4n) is 2.43. The summed E-state index contributed by atoms with van der Waals surface area (Å²) in [7, 11) is 1.45. The predicted molar refractivity (Wildman–Crippen MR) is 110 cm³/mol. The summed E-state index contributed by atoms with van der Waals surface area (Å²) in [6.07, 6.45) is 0. The van der Waals surface area contributed by atoms with Crippen LogP contribution in [0.3, 0.4) is 0 Å². The Morgan fingerprint density at radius 2 is 1.75 bits per heavy atom. The van der Waals surface area contributed by atoms with E-state index < -0.39 is 11.9 Å². The number of nitrogens with one attached hydrogen (secondary N) is 2. The molecule has 1 aromatic heterocycles. The van der Waals surface area contributed by atoms with Crippen molar-refractivity contribution in [2.75, 3.05) is 12.8 Å². The van der Waals surface area contributed by atoms with E-state index in [0.717, 1.165) is 16.8 Å². The first kappa shape index (κ1) is 19.9. The van der Waals surface area contributed by atoms with Crippen LogP contribution in [0.15, 0.2) is 53.7 Å². The Kier molecular flexibility index (Phi) is 6.33. The van der Waals surface area contributed by atoms with Crippen LogP contribution in [-0.2, 0) is 4.79 Å². The van der Waals surface area contributed by atoms with Crippen molar-refractivity contribution in [2.45, 2.75) is 12.1 Å². The highest BCUT2D eigenvalue weighted by molar-refractivity contribution is 7.99. The van der Waals surface area contributed by atoms with Gasteiger partial charge in [-0.2, -0.15) is 0 Å². The fraction of sp³-hybridized carbons (Fsp3) is 0.158. The molecule has 0 radical (unpaired) electrons. The van der Waals surface area contributed by atoms with Crippen LogP contribution >= 0.6 is 23.4 Å². The number of nitrogens with zero attached hydrogens (tertiary/aromatic N) is 3. The Balaban J connectivity index is 1.93. The fourth-order valence-corrected chi connectivity index (χ4v) is 3.31. The summed E-state index contributed by atoms with van der Waals surface area (Å²) in [5.74, 6) is 0.239. The standard InChI is InChI=1S/C19H18ClN5O2S/c1-12-3-9-15(10-4-12)25-17(13-5-7-14(20)8-6-13)23-24-19(25)28-11-16(26)22-18(27)21-2/h3-10H,11H2,1-2H3,(H2,21,22,26,27). The van der Waals surface area contributed by atoms with Gasteiger partial charge in [0, 0.05) is 23.3 Å². The number of benzene rings is 2. The molecule has 0 spiro atoms. The number of amides is 3. The summed E-state index contributed by atoms with van der Waals surface area (Å²) >= 11 is 7.19. The highest BCUT2D eigenvalue weighted by Gasteiger charge is 2.17. The molecule has 0 aliphatic carbocycles. The van der Waals surface area contributed by atoms with Crippen LogP contribution in [0.1, 0.15) is 5.56 Å². The van der Waals surface area contributed by atoms with Crippen molar-refractivity contribution in [2.24, 2.45) is 0 Å². The van der Waals surface area contributed by atoms with Crippen molar-refractivity contribution in [3.05, 3.63) is 59.1 Å². The minimum Gasteiger partial charge on any atom is -0.341 e. The Hall–Kier alpha value is -2.84. The molecule has 3 rings (SSSR count). The largest absolute Gasteiger partial charge is 0.341 e. The lowest BCUT2D eigenvalue weighted by molar-refractivity contribution is -0.117. The zero-order valence-electron chi connectivity index (χ0n) is 15.3. The first-order chi connectivity index (χ1) is 13.5. The van der Waals surface area contributed by atoms with Crippen molar-refractivity contribution in [1.29, 1.82) is 0 Å². The van der Waals surface area contributed by atoms with Crippen LogP contribution in [0.25, 0.3) is 17.1 Å². The Morgan fingerprint density at radius 1 is 1.07 bits per heavy atom. The van der Waals surface area contributed by atoms with E-state index in [1.54, 1.807) is 12.1 Å². The molecule has 3 aromatic rings. The van der Waals surface area contributed by atoms with E-state index in [-0.39, 0.29) is 5.75 Å². The topological polar surface area (TPSA) is 88.9 Å². The summed E-state index contributed by atoms with van der Waals surface area (Å²) in [5, 5.41) is 14.3. The van der Waals surface area contributed by atoms with Gasteiger partial charge >= 0.3 is 6.03 Å². The number of imide groups is 1. The van der Waals surface area contributed by atoms with Crippen LogP contribution < -0.4 is 10.6 Å². The highest BCUT2D eigenvalue weighted by Crippen LogP contribution is 2.28. The van der Waals surface area contributed by atoms with Gasteiger partial charge in [-0.25, -0.2) is 4.79 Å². The summed E-state index contributed by atoms with van der Waals surface area (Å²) < 4.78 is 1.88. The third-order valence-corrected chi connectivity index (χ3v) is 5.02. The number of urea groups is 1. The molecular formula is C19H18ClN5O2S. The summed E-state index contributed by atoms with van der Waals surface area (Å²) in [5.41, 5.74) is 2.85. The first-order valence-corrected chi connectivity index (χ1v) is 9.77. The van der Waals surface area contributed by atoms with E-state index in [2.05, 4.69) is 20.8 Å². The molecule has 2 aromatic carbocycles. The third-order valence-electron chi connectivity index (χ3n) is 3.84. The first-order valence-electron chi connectivity index (χ1n) is 8.40. The molecule has 28 heavy (non-hydrogen) atoms. The molecule has 0 saturated carbocycles. The van der Waals surface area contributed by atoms with Gasteiger partial charge in [-0.05, 0) is 43.3 Å². The van der Waals surface area contributed by atoms with Crippen molar-refractivity contribution in [3.8, 4) is 17.1 Å². The molecule has 0 unspecified atom stereocenters. The van der Waals surface area contributed by atoms with Gasteiger partial charge in [0.15, 0.2) is 11.0 Å².